The van der Waals surface area contributed by atoms with Crippen molar-refractivity contribution in [2.24, 2.45) is 7.05 Å². The predicted molar refractivity (Wildman–Crippen MR) is 63.9 cm³/mol. The van der Waals surface area contributed by atoms with E-state index in [1.807, 2.05) is 26.2 Å². The molecule has 16 heavy (non-hydrogen) atoms. The minimum absolute atomic E-state index is 0.202. The van der Waals surface area contributed by atoms with E-state index in [9.17, 15) is 8.42 Å². The van der Waals surface area contributed by atoms with E-state index in [-0.39, 0.29) is 11.5 Å². The Labute approximate surface area is 96.8 Å². The zero-order valence-corrected chi connectivity index (χ0v) is 10.6. The van der Waals surface area contributed by atoms with Gasteiger partial charge in [0.15, 0.2) is 9.84 Å². The van der Waals surface area contributed by atoms with Gasteiger partial charge in [-0.25, -0.2) is 8.42 Å². The van der Waals surface area contributed by atoms with Crippen LogP contribution in [0.1, 0.15) is 19.0 Å². The first-order valence-corrected chi connectivity index (χ1v) is 7.25. The van der Waals surface area contributed by atoms with Crippen LogP contribution in [0.15, 0.2) is 12.3 Å². The van der Waals surface area contributed by atoms with Crippen LogP contribution in [0, 0.1) is 0 Å². The van der Waals surface area contributed by atoms with Crippen molar-refractivity contribution in [2.45, 2.75) is 19.9 Å². The topological polar surface area (TPSA) is 64.0 Å². The lowest BCUT2D eigenvalue weighted by molar-refractivity contribution is 0.588. The summed E-state index contributed by atoms with van der Waals surface area (Å²) < 4.78 is 24.5. The van der Waals surface area contributed by atoms with Crippen molar-refractivity contribution in [1.82, 2.24) is 15.1 Å². The lowest BCUT2D eigenvalue weighted by Crippen LogP contribution is -2.24. The molecule has 0 aliphatic rings. The van der Waals surface area contributed by atoms with Crippen molar-refractivity contribution in [1.29, 1.82) is 0 Å². The van der Waals surface area contributed by atoms with Crippen LogP contribution in [-0.4, -0.2) is 36.2 Å². The van der Waals surface area contributed by atoms with Gasteiger partial charge in [0.25, 0.3) is 0 Å². The summed E-state index contributed by atoms with van der Waals surface area (Å²) in [5.41, 5.74) is 0.926. The molecule has 0 aliphatic heterocycles. The van der Waals surface area contributed by atoms with E-state index in [1.54, 1.807) is 4.68 Å². The Balaban J connectivity index is 2.22. The Hall–Kier alpha value is -0.880. The van der Waals surface area contributed by atoms with Gasteiger partial charge in [-0.3, -0.25) is 4.68 Å². The van der Waals surface area contributed by atoms with Crippen LogP contribution in [0.3, 0.4) is 0 Å². The van der Waals surface area contributed by atoms with E-state index < -0.39 is 9.84 Å². The Morgan fingerprint density at radius 1 is 1.44 bits per heavy atom. The molecule has 1 aromatic heterocycles. The fourth-order valence-corrected chi connectivity index (χ4v) is 2.70. The number of aromatic nitrogens is 2. The van der Waals surface area contributed by atoms with Crippen LogP contribution >= 0.6 is 0 Å². The number of nitrogens with zero attached hydrogens (tertiary/aromatic N) is 2. The normalized spacial score (nSPS) is 11.9. The molecule has 0 unspecified atom stereocenters. The first-order valence-electron chi connectivity index (χ1n) is 5.43. The molecule has 0 saturated heterocycles. The maximum Gasteiger partial charge on any atom is 0.151 e. The summed E-state index contributed by atoms with van der Waals surface area (Å²) >= 11 is 0. The van der Waals surface area contributed by atoms with E-state index in [2.05, 4.69) is 10.4 Å². The molecule has 1 N–H and O–H groups in total. The maximum atomic E-state index is 11.4. The van der Waals surface area contributed by atoms with Gasteiger partial charge in [0.2, 0.25) is 0 Å². The van der Waals surface area contributed by atoms with E-state index >= 15 is 0 Å². The Morgan fingerprint density at radius 3 is 2.75 bits per heavy atom. The Morgan fingerprint density at radius 2 is 2.19 bits per heavy atom. The second-order valence-corrected chi connectivity index (χ2v) is 6.11. The standard InChI is InChI=1S/C10H19N3O2S/c1-3-7-16(14,15)8-5-11-9-10-4-6-13(2)12-10/h4,6,11H,3,5,7-9H2,1-2H3. The molecular weight excluding hydrogens is 226 g/mol. The van der Waals surface area contributed by atoms with Gasteiger partial charge in [0.1, 0.15) is 0 Å². The number of nitrogens with one attached hydrogen (secondary N) is 1. The molecule has 1 rings (SSSR count). The highest BCUT2D eigenvalue weighted by Crippen LogP contribution is 1.94. The monoisotopic (exact) mass is 245 g/mol. The number of rotatable bonds is 7. The highest BCUT2D eigenvalue weighted by molar-refractivity contribution is 7.91. The van der Waals surface area contributed by atoms with E-state index in [0.29, 0.717) is 19.5 Å². The SMILES string of the molecule is CCCS(=O)(=O)CCNCc1ccn(C)n1. The van der Waals surface area contributed by atoms with Gasteiger partial charge in [0.05, 0.1) is 11.4 Å². The van der Waals surface area contributed by atoms with Crippen molar-refractivity contribution in [2.75, 3.05) is 18.1 Å². The van der Waals surface area contributed by atoms with Gasteiger partial charge in [0, 0.05) is 32.1 Å². The zero-order valence-electron chi connectivity index (χ0n) is 9.81. The highest BCUT2D eigenvalue weighted by Gasteiger charge is 2.08. The van der Waals surface area contributed by atoms with Gasteiger partial charge in [-0.1, -0.05) is 6.92 Å². The molecule has 0 bridgehead atoms. The Bertz CT molecular complexity index is 411. The summed E-state index contributed by atoms with van der Waals surface area (Å²) in [7, 11) is -1.01. The molecule has 0 radical (unpaired) electrons. The van der Waals surface area contributed by atoms with Crippen LogP contribution in [0.2, 0.25) is 0 Å². The van der Waals surface area contributed by atoms with E-state index in [1.165, 1.54) is 0 Å². The lowest BCUT2D eigenvalue weighted by Gasteiger charge is -2.03. The Kier molecular flexibility index (Phi) is 4.95. The summed E-state index contributed by atoms with van der Waals surface area (Å²) in [6.07, 6.45) is 2.55. The van der Waals surface area contributed by atoms with Crippen LogP contribution in [-0.2, 0) is 23.4 Å². The fraction of sp³-hybridized carbons (Fsp3) is 0.700. The van der Waals surface area contributed by atoms with Gasteiger partial charge >= 0.3 is 0 Å². The summed E-state index contributed by atoms with van der Waals surface area (Å²) in [5.74, 6) is 0.478. The lowest BCUT2D eigenvalue weighted by atomic mass is 10.4. The van der Waals surface area contributed by atoms with Crippen LogP contribution in [0.4, 0.5) is 0 Å². The number of sulfone groups is 1. The van der Waals surface area contributed by atoms with E-state index in [4.69, 9.17) is 0 Å². The summed E-state index contributed by atoms with van der Waals surface area (Å²) in [5, 5.41) is 7.26. The van der Waals surface area contributed by atoms with Gasteiger partial charge in [-0.05, 0) is 12.5 Å². The molecule has 5 nitrogen and oxygen atoms in total. The minimum atomic E-state index is -2.87. The molecule has 0 fully saturated rings. The second kappa shape index (κ2) is 6.00. The van der Waals surface area contributed by atoms with Crippen molar-refractivity contribution < 1.29 is 8.42 Å². The van der Waals surface area contributed by atoms with Crippen LogP contribution < -0.4 is 5.32 Å². The van der Waals surface area contributed by atoms with Gasteiger partial charge in [-0.2, -0.15) is 5.10 Å². The average Bonchev–Trinajstić information content (AvgIpc) is 2.59. The second-order valence-electron chi connectivity index (χ2n) is 3.81. The third kappa shape index (κ3) is 4.76. The quantitative estimate of drug-likeness (QED) is 0.703. The first-order chi connectivity index (χ1) is 7.53. The zero-order chi connectivity index (χ0) is 12.0. The molecule has 0 amide bonds. The maximum absolute atomic E-state index is 11.4. The molecule has 6 heteroatoms. The van der Waals surface area contributed by atoms with Gasteiger partial charge < -0.3 is 5.32 Å². The average molecular weight is 245 g/mol. The summed E-state index contributed by atoms with van der Waals surface area (Å²) in [6, 6.07) is 1.91. The molecule has 0 aliphatic carbocycles. The molecule has 1 heterocycles. The molecule has 0 aromatic carbocycles. The molecule has 1 aromatic rings. The molecular formula is C10H19N3O2S. The van der Waals surface area contributed by atoms with E-state index in [0.717, 1.165) is 5.69 Å². The molecule has 0 atom stereocenters. The third-order valence-corrected chi connectivity index (χ3v) is 4.04. The largest absolute Gasteiger partial charge is 0.310 e. The minimum Gasteiger partial charge on any atom is -0.310 e. The number of hydrogen-bond donors (Lipinski definition) is 1. The van der Waals surface area contributed by atoms with Crippen LogP contribution in [0.5, 0.6) is 0 Å². The van der Waals surface area contributed by atoms with Crippen molar-refractivity contribution >= 4 is 9.84 Å². The smallest absolute Gasteiger partial charge is 0.151 e. The third-order valence-electron chi connectivity index (χ3n) is 2.18. The molecule has 0 saturated carbocycles. The fourth-order valence-electron chi connectivity index (χ4n) is 1.41. The van der Waals surface area contributed by atoms with Gasteiger partial charge in [-0.15, -0.1) is 0 Å². The van der Waals surface area contributed by atoms with Crippen molar-refractivity contribution in [3.63, 3.8) is 0 Å². The summed E-state index contributed by atoms with van der Waals surface area (Å²) in [4.78, 5) is 0. The predicted octanol–water partition coefficient (Wildman–Crippen LogP) is 0.334. The van der Waals surface area contributed by atoms with Crippen LogP contribution in [0.25, 0.3) is 0 Å². The molecule has 92 valence electrons. The number of aryl methyl sites for hydroxylation is 1. The van der Waals surface area contributed by atoms with Crippen molar-refractivity contribution in [3.05, 3.63) is 18.0 Å². The highest BCUT2D eigenvalue weighted by atomic mass is 32.2. The summed E-state index contributed by atoms with van der Waals surface area (Å²) in [6.45, 7) is 2.97. The number of hydrogen-bond acceptors (Lipinski definition) is 4. The first kappa shape index (κ1) is 13.2. The van der Waals surface area contributed by atoms with Crippen molar-refractivity contribution in [3.8, 4) is 0 Å². The molecule has 0 spiro atoms.